The maximum atomic E-state index is 2.65. The van der Waals surface area contributed by atoms with Crippen LogP contribution in [0.5, 0.6) is 0 Å². The van der Waals surface area contributed by atoms with Crippen molar-refractivity contribution >= 4 is 93.9 Å². The highest BCUT2D eigenvalue weighted by Gasteiger charge is 2.44. The maximum absolute atomic E-state index is 2.65. The summed E-state index contributed by atoms with van der Waals surface area (Å²) in [5, 5.41) is 21.7. The zero-order valence-electron chi connectivity index (χ0n) is 35.5. The summed E-state index contributed by atoms with van der Waals surface area (Å²) in [6.45, 7) is 4.90. The van der Waals surface area contributed by atoms with Crippen LogP contribution in [0.15, 0.2) is 206 Å². The van der Waals surface area contributed by atoms with Crippen LogP contribution in [0.2, 0.25) is 12.1 Å². The molecular weight excluding hydrogens is 773 g/mol. The quantitative estimate of drug-likeness (QED) is 0.0922. The minimum Gasteiger partial charge on any atom is -0.0672 e. The van der Waals surface area contributed by atoms with E-state index in [1.807, 2.05) is 0 Å². The van der Waals surface area contributed by atoms with Crippen molar-refractivity contribution in [2.75, 3.05) is 0 Å². The van der Waals surface area contributed by atoms with Gasteiger partial charge in [-0.2, -0.15) is 0 Å². The SMILES string of the molecule is CC[Si]1(CC)c2cc3c4ccc(-c5c6ccccc6c(-c6ccc(-c7cccc8ccccc78)cc6)c6ccccc56)cc4c4ccccc4c3cc2-c2ccc3ccccc3c21. The first-order valence-electron chi connectivity index (χ1n) is 22.6. The summed E-state index contributed by atoms with van der Waals surface area (Å²) < 4.78 is 0. The average Bonchev–Trinajstić information content (AvgIpc) is 3.64. The number of fused-ring (bicyclic) bond motifs is 14. The summed E-state index contributed by atoms with van der Waals surface area (Å²) in [4.78, 5) is 0. The molecule has 63 heavy (non-hydrogen) atoms. The van der Waals surface area contributed by atoms with Crippen molar-refractivity contribution < 1.29 is 0 Å². The van der Waals surface area contributed by atoms with Gasteiger partial charge in [-0.15, -0.1) is 0 Å². The molecule has 0 amide bonds. The van der Waals surface area contributed by atoms with Gasteiger partial charge in [0, 0.05) is 0 Å². The van der Waals surface area contributed by atoms with Crippen LogP contribution in [-0.2, 0) is 0 Å². The first-order valence-corrected chi connectivity index (χ1v) is 25.0. The zero-order valence-corrected chi connectivity index (χ0v) is 36.5. The van der Waals surface area contributed by atoms with Crippen LogP contribution in [0.3, 0.4) is 0 Å². The van der Waals surface area contributed by atoms with Gasteiger partial charge in [0.1, 0.15) is 8.07 Å². The fourth-order valence-corrected chi connectivity index (χ4v) is 16.8. The van der Waals surface area contributed by atoms with Crippen molar-refractivity contribution in [1.82, 2.24) is 0 Å². The third-order valence-corrected chi connectivity index (χ3v) is 20.2. The molecule has 0 bridgehead atoms. The van der Waals surface area contributed by atoms with Gasteiger partial charge in [0.25, 0.3) is 0 Å². The number of hydrogen-bond acceptors (Lipinski definition) is 0. The first kappa shape index (κ1) is 36.3. The highest BCUT2D eigenvalue weighted by Crippen LogP contribution is 2.47. The molecule has 296 valence electrons. The number of hydrogen-bond donors (Lipinski definition) is 0. The third-order valence-electron chi connectivity index (χ3n) is 14.9. The molecule has 12 aromatic rings. The molecule has 0 spiro atoms. The molecule has 1 heterocycles. The van der Waals surface area contributed by atoms with Crippen molar-refractivity contribution in [3.8, 4) is 44.5 Å². The summed E-state index contributed by atoms with van der Waals surface area (Å²) in [7, 11) is -2.05. The summed E-state index contributed by atoms with van der Waals surface area (Å²) in [6.07, 6.45) is 0. The number of benzene rings is 12. The number of rotatable bonds is 5. The molecule has 13 rings (SSSR count). The minimum absolute atomic E-state index is 1.20. The Morgan fingerprint density at radius 1 is 0.286 bits per heavy atom. The summed E-state index contributed by atoms with van der Waals surface area (Å²) in [5.74, 6) is 0. The fourth-order valence-electron chi connectivity index (χ4n) is 11.9. The highest BCUT2D eigenvalue weighted by atomic mass is 28.3. The molecule has 0 unspecified atom stereocenters. The minimum atomic E-state index is -2.05. The zero-order chi connectivity index (χ0) is 41.8. The van der Waals surface area contributed by atoms with Crippen molar-refractivity contribution in [3.05, 3.63) is 206 Å². The van der Waals surface area contributed by atoms with E-state index in [2.05, 4.69) is 220 Å². The smallest absolute Gasteiger partial charge is 0.0672 e. The van der Waals surface area contributed by atoms with Crippen LogP contribution in [0, 0.1) is 0 Å². The topological polar surface area (TPSA) is 0 Å². The lowest BCUT2D eigenvalue weighted by Gasteiger charge is -2.28. The predicted octanol–water partition coefficient (Wildman–Crippen LogP) is 16.3. The largest absolute Gasteiger partial charge is 0.120 e. The standard InChI is InChI=1S/C62H44Si/c1-3-63(4-2)59-38-57-49-34-33-43(36-55(49)47-21-9-10-22-48(47)56(57)37-58(59)54-35-32-40-17-6-8-20-46(40)62(54)63)61-52-25-13-11-23-50(52)60(51-24-12-14-26-53(51)61)42-30-28-41(29-31-42)45-27-15-18-39-16-5-7-19-44(39)45/h5-38H,3-4H2,1-2H3. The summed E-state index contributed by atoms with van der Waals surface area (Å²) >= 11 is 0. The Labute approximate surface area is 368 Å². The monoisotopic (exact) mass is 816 g/mol. The van der Waals surface area contributed by atoms with E-state index in [1.165, 1.54) is 132 Å². The van der Waals surface area contributed by atoms with Gasteiger partial charge in [-0.3, -0.25) is 0 Å². The lowest BCUT2D eigenvalue weighted by Crippen LogP contribution is -2.54. The van der Waals surface area contributed by atoms with E-state index in [9.17, 15) is 0 Å². The fraction of sp³-hybridized carbons (Fsp3) is 0.0645. The van der Waals surface area contributed by atoms with Crippen molar-refractivity contribution in [2.24, 2.45) is 0 Å². The van der Waals surface area contributed by atoms with Crippen LogP contribution in [0.4, 0.5) is 0 Å². The molecule has 0 atom stereocenters. The van der Waals surface area contributed by atoms with Crippen LogP contribution < -0.4 is 10.4 Å². The highest BCUT2D eigenvalue weighted by molar-refractivity contribution is 7.06. The molecule has 0 aliphatic carbocycles. The second-order valence-electron chi connectivity index (χ2n) is 17.7. The molecule has 12 aromatic carbocycles. The normalized spacial score (nSPS) is 13.2. The average molecular weight is 817 g/mol. The first-order chi connectivity index (χ1) is 31.1. The van der Waals surface area contributed by atoms with E-state index < -0.39 is 8.07 Å². The van der Waals surface area contributed by atoms with Crippen LogP contribution in [0.25, 0.3) is 120 Å². The van der Waals surface area contributed by atoms with Crippen LogP contribution in [0.1, 0.15) is 13.8 Å². The van der Waals surface area contributed by atoms with Gasteiger partial charge in [-0.1, -0.05) is 220 Å². The molecule has 0 fully saturated rings. The molecule has 0 radical (unpaired) electrons. The molecule has 1 aliphatic heterocycles. The molecule has 0 saturated carbocycles. The predicted molar refractivity (Wildman–Crippen MR) is 277 cm³/mol. The van der Waals surface area contributed by atoms with Crippen molar-refractivity contribution in [1.29, 1.82) is 0 Å². The second kappa shape index (κ2) is 13.8. The van der Waals surface area contributed by atoms with Gasteiger partial charge < -0.3 is 0 Å². The van der Waals surface area contributed by atoms with Gasteiger partial charge >= 0.3 is 0 Å². The maximum Gasteiger partial charge on any atom is 0.120 e. The van der Waals surface area contributed by atoms with E-state index in [-0.39, 0.29) is 0 Å². The van der Waals surface area contributed by atoms with E-state index in [0.717, 1.165) is 0 Å². The van der Waals surface area contributed by atoms with Gasteiger partial charge in [-0.05, 0) is 142 Å². The molecule has 1 aliphatic rings. The summed E-state index contributed by atoms with van der Waals surface area (Å²) in [6, 6.07) is 80.6. The van der Waals surface area contributed by atoms with Crippen molar-refractivity contribution in [3.63, 3.8) is 0 Å². The van der Waals surface area contributed by atoms with Gasteiger partial charge in [0.15, 0.2) is 0 Å². The van der Waals surface area contributed by atoms with E-state index >= 15 is 0 Å². The lowest BCUT2D eigenvalue weighted by molar-refractivity contribution is 1.30. The Kier molecular flexibility index (Phi) is 7.99. The molecule has 0 aromatic heterocycles. The Balaban J connectivity index is 1.03. The Morgan fingerprint density at radius 2 is 0.746 bits per heavy atom. The molecule has 0 nitrogen and oxygen atoms in total. The van der Waals surface area contributed by atoms with Gasteiger partial charge in [-0.25, -0.2) is 0 Å². The van der Waals surface area contributed by atoms with Gasteiger partial charge in [0.05, 0.1) is 0 Å². The Hall–Kier alpha value is -7.32. The van der Waals surface area contributed by atoms with E-state index in [1.54, 1.807) is 10.4 Å². The second-order valence-corrected chi connectivity index (χ2v) is 22.3. The van der Waals surface area contributed by atoms with E-state index in [4.69, 9.17) is 0 Å². The summed E-state index contributed by atoms with van der Waals surface area (Å²) in [5.41, 5.74) is 10.5. The van der Waals surface area contributed by atoms with E-state index in [0.29, 0.717) is 0 Å². The Morgan fingerprint density at radius 3 is 1.38 bits per heavy atom. The molecule has 0 saturated heterocycles. The molecule has 0 N–H and O–H groups in total. The molecular formula is C62H44Si. The van der Waals surface area contributed by atoms with Crippen molar-refractivity contribution in [2.45, 2.75) is 25.9 Å². The van der Waals surface area contributed by atoms with Crippen LogP contribution >= 0.6 is 0 Å². The van der Waals surface area contributed by atoms with Crippen LogP contribution in [-0.4, -0.2) is 8.07 Å². The third kappa shape index (κ3) is 5.15. The van der Waals surface area contributed by atoms with Gasteiger partial charge in [0.2, 0.25) is 0 Å². The molecule has 1 heteroatoms. The lowest BCUT2D eigenvalue weighted by atomic mass is 9.84. The Bertz CT molecular complexity index is 3810.